The molecule has 1 aliphatic carbocycles. The molecule has 0 amide bonds. The highest BCUT2D eigenvalue weighted by Gasteiger charge is 2.40. The monoisotopic (exact) mass is 294 g/mol. The highest BCUT2D eigenvalue weighted by molar-refractivity contribution is 6.64. The number of carbonyl (C=O) groups is 3. The van der Waals surface area contributed by atoms with Crippen LogP contribution in [0.15, 0.2) is 0 Å². The largest absolute Gasteiger partial charge is 0.385 e. The Bertz CT molecular complexity index is 356. The average Bonchev–Trinajstić information content (AvgIpc) is 2.28. The molecule has 0 aromatic rings. The Morgan fingerprint density at radius 2 is 2.00 bits per heavy atom. The zero-order valence-corrected chi connectivity index (χ0v) is 11.6. The molecule has 1 N–H and O–H groups in total. The molecule has 0 heterocycles. The minimum absolute atomic E-state index is 0.000110. The van der Waals surface area contributed by atoms with Crippen LogP contribution >= 0.6 is 23.2 Å². The second-order valence-corrected chi connectivity index (χ2v) is 5.61. The van der Waals surface area contributed by atoms with Gasteiger partial charge in [-0.1, -0.05) is 6.92 Å². The summed E-state index contributed by atoms with van der Waals surface area (Å²) in [6.45, 7) is 1.79. The van der Waals surface area contributed by atoms with Crippen molar-refractivity contribution >= 4 is 39.5 Å². The van der Waals surface area contributed by atoms with E-state index in [-0.39, 0.29) is 24.5 Å². The number of aliphatic hydroxyl groups is 1. The van der Waals surface area contributed by atoms with E-state index in [1.807, 2.05) is 0 Å². The van der Waals surface area contributed by atoms with Gasteiger partial charge in [-0.05, 0) is 48.4 Å². The maximum Gasteiger partial charge on any atom is 0.225 e. The van der Waals surface area contributed by atoms with E-state index in [0.717, 1.165) is 0 Å². The van der Waals surface area contributed by atoms with Gasteiger partial charge in [-0.25, -0.2) is 0 Å². The van der Waals surface area contributed by atoms with Gasteiger partial charge in [-0.2, -0.15) is 0 Å². The fourth-order valence-corrected chi connectivity index (χ4v) is 2.75. The van der Waals surface area contributed by atoms with E-state index < -0.39 is 28.4 Å². The molecule has 1 aliphatic rings. The third-order valence-corrected chi connectivity index (χ3v) is 4.03. The van der Waals surface area contributed by atoms with Gasteiger partial charge < -0.3 is 5.11 Å². The lowest BCUT2D eigenvalue weighted by Crippen LogP contribution is -2.42. The van der Waals surface area contributed by atoms with Crippen molar-refractivity contribution in [3.8, 4) is 0 Å². The highest BCUT2D eigenvalue weighted by Crippen LogP contribution is 2.34. The second kappa shape index (κ2) is 6.64. The molecule has 6 heteroatoms. The minimum Gasteiger partial charge on any atom is -0.385 e. The van der Waals surface area contributed by atoms with Gasteiger partial charge in [0.15, 0.2) is 5.78 Å². The highest BCUT2D eigenvalue weighted by atomic mass is 35.5. The summed E-state index contributed by atoms with van der Waals surface area (Å²) in [5.74, 6) is -1.79. The maximum atomic E-state index is 11.9. The number of rotatable bonds is 5. The number of Topliss-reactive ketones (excluding diaryl/α,β-unsaturated/α-hetero) is 1. The molecule has 0 aromatic heterocycles. The summed E-state index contributed by atoms with van der Waals surface area (Å²) in [5.41, 5.74) is 0. The van der Waals surface area contributed by atoms with Gasteiger partial charge in [0, 0.05) is 18.3 Å². The third-order valence-electron chi connectivity index (χ3n) is 3.56. The van der Waals surface area contributed by atoms with Gasteiger partial charge in [-0.15, -0.1) is 0 Å². The van der Waals surface area contributed by atoms with E-state index in [9.17, 15) is 19.5 Å². The lowest BCUT2D eigenvalue weighted by Gasteiger charge is -2.32. The molecule has 0 spiro atoms. The summed E-state index contributed by atoms with van der Waals surface area (Å²) >= 11 is 10.7. The average molecular weight is 295 g/mol. The Hall–Kier alpha value is -0.450. The first-order valence-electron chi connectivity index (χ1n) is 5.94. The Balaban J connectivity index is 2.76. The van der Waals surface area contributed by atoms with Crippen LogP contribution in [0.4, 0.5) is 0 Å². The van der Waals surface area contributed by atoms with Crippen LogP contribution in [0, 0.1) is 17.8 Å². The van der Waals surface area contributed by atoms with Crippen molar-refractivity contribution in [1.29, 1.82) is 0 Å². The normalized spacial score (nSPS) is 30.0. The van der Waals surface area contributed by atoms with Crippen LogP contribution in [0.25, 0.3) is 0 Å². The molecule has 0 radical (unpaired) electrons. The molecule has 1 rings (SSSR count). The predicted octanol–water partition coefficient (Wildman–Crippen LogP) is 1.89. The van der Waals surface area contributed by atoms with Crippen molar-refractivity contribution in [3.63, 3.8) is 0 Å². The predicted molar refractivity (Wildman–Crippen MR) is 67.3 cm³/mol. The molecular formula is C12H16Cl2O4. The van der Waals surface area contributed by atoms with Crippen molar-refractivity contribution in [3.05, 3.63) is 0 Å². The van der Waals surface area contributed by atoms with Crippen LogP contribution < -0.4 is 0 Å². The van der Waals surface area contributed by atoms with Gasteiger partial charge in [-0.3, -0.25) is 14.4 Å². The minimum atomic E-state index is -1.05. The quantitative estimate of drug-likeness (QED) is 0.786. The maximum absolute atomic E-state index is 11.9. The molecule has 102 valence electrons. The van der Waals surface area contributed by atoms with E-state index >= 15 is 0 Å². The molecule has 4 atom stereocenters. The third kappa shape index (κ3) is 3.77. The van der Waals surface area contributed by atoms with Crippen LogP contribution in [0.3, 0.4) is 0 Å². The number of aliphatic hydroxyl groups excluding tert-OH is 1. The standard InChI is InChI=1S/C12H16Cl2O4/c1-6-2-3-7(11(17)10(6)16)8(12(14)18)4-5-9(13)15/h6-8,10,16H,2-5H2,1H3. The molecule has 0 saturated heterocycles. The molecular weight excluding hydrogens is 279 g/mol. The SMILES string of the molecule is CC1CCC(C(CCC(=O)Cl)C(=O)Cl)C(=O)C1O. The first-order valence-corrected chi connectivity index (χ1v) is 6.69. The second-order valence-electron chi connectivity index (χ2n) is 4.81. The zero-order valence-electron chi connectivity index (χ0n) is 10.1. The molecule has 0 bridgehead atoms. The van der Waals surface area contributed by atoms with Crippen molar-refractivity contribution in [2.45, 2.75) is 38.7 Å². The molecule has 4 nitrogen and oxygen atoms in total. The van der Waals surface area contributed by atoms with Gasteiger partial charge in [0.2, 0.25) is 10.5 Å². The molecule has 0 aliphatic heterocycles. The van der Waals surface area contributed by atoms with Gasteiger partial charge >= 0.3 is 0 Å². The van der Waals surface area contributed by atoms with Crippen LogP contribution in [-0.2, 0) is 14.4 Å². The van der Waals surface area contributed by atoms with Gasteiger partial charge in [0.25, 0.3) is 0 Å². The molecule has 4 unspecified atom stereocenters. The summed E-state index contributed by atoms with van der Waals surface area (Å²) in [5, 5.41) is 8.52. The van der Waals surface area contributed by atoms with E-state index in [2.05, 4.69) is 0 Å². The number of hydrogen-bond donors (Lipinski definition) is 1. The number of carbonyl (C=O) groups excluding carboxylic acids is 3. The summed E-state index contributed by atoms with van der Waals surface area (Å²) in [7, 11) is 0. The first kappa shape index (κ1) is 15.6. The van der Waals surface area contributed by atoms with E-state index in [4.69, 9.17) is 23.2 Å². The van der Waals surface area contributed by atoms with Crippen molar-refractivity contribution in [2.24, 2.45) is 17.8 Å². The van der Waals surface area contributed by atoms with Crippen molar-refractivity contribution < 1.29 is 19.5 Å². The van der Waals surface area contributed by atoms with Gasteiger partial charge in [0.05, 0.1) is 0 Å². The van der Waals surface area contributed by atoms with Crippen LogP contribution in [0.1, 0.15) is 32.6 Å². The van der Waals surface area contributed by atoms with Gasteiger partial charge in [0.1, 0.15) is 6.10 Å². The van der Waals surface area contributed by atoms with E-state index in [1.165, 1.54) is 0 Å². The smallest absolute Gasteiger partial charge is 0.225 e. The molecule has 0 aromatic carbocycles. The Morgan fingerprint density at radius 3 is 2.50 bits per heavy atom. The van der Waals surface area contributed by atoms with E-state index in [0.29, 0.717) is 12.8 Å². The molecule has 1 saturated carbocycles. The fraction of sp³-hybridized carbons (Fsp3) is 0.750. The van der Waals surface area contributed by atoms with Crippen LogP contribution in [0.5, 0.6) is 0 Å². The number of ketones is 1. The zero-order chi connectivity index (χ0) is 13.9. The topological polar surface area (TPSA) is 71.4 Å². The summed E-state index contributed by atoms with van der Waals surface area (Å²) in [6.07, 6.45) is 0.278. The van der Waals surface area contributed by atoms with Crippen molar-refractivity contribution in [1.82, 2.24) is 0 Å². The lowest BCUT2D eigenvalue weighted by molar-refractivity contribution is -0.142. The number of halogens is 2. The number of hydrogen-bond acceptors (Lipinski definition) is 4. The van der Waals surface area contributed by atoms with Crippen LogP contribution in [-0.4, -0.2) is 27.5 Å². The first-order chi connectivity index (χ1) is 8.34. The summed E-state index contributed by atoms with van der Waals surface area (Å²) in [6, 6.07) is 0. The fourth-order valence-electron chi connectivity index (χ4n) is 2.38. The molecule has 1 fully saturated rings. The lowest BCUT2D eigenvalue weighted by atomic mass is 9.73. The van der Waals surface area contributed by atoms with E-state index in [1.54, 1.807) is 6.92 Å². The Labute approximate surface area is 116 Å². The Kier molecular flexibility index (Phi) is 5.76. The summed E-state index contributed by atoms with van der Waals surface area (Å²) in [4.78, 5) is 34.0. The Morgan fingerprint density at radius 1 is 1.39 bits per heavy atom. The summed E-state index contributed by atoms with van der Waals surface area (Å²) < 4.78 is 0. The van der Waals surface area contributed by atoms with Crippen molar-refractivity contribution in [2.75, 3.05) is 0 Å². The molecule has 18 heavy (non-hydrogen) atoms. The van der Waals surface area contributed by atoms with Crippen LogP contribution in [0.2, 0.25) is 0 Å².